The van der Waals surface area contributed by atoms with Gasteiger partial charge in [0.05, 0.1) is 6.61 Å². The van der Waals surface area contributed by atoms with E-state index in [0.717, 1.165) is 16.3 Å². The van der Waals surface area contributed by atoms with E-state index in [2.05, 4.69) is 5.32 Å². The molecule has 1 heterocycles. The molecule has 0 bridgehead atoms. The van der Waals surface area contributed by atoms with E-state index in [1.165, 1.54) is 25.4 Å². The summed E-state index contributed by atoms with van der Waals surface area (Å²) in [7, 11) is 1.51. The second-order valence-electron chi connectivity index (χ2n) is 7.68. The topological polar surface area (TPSA) is 95.6 Å². The van der Waals surface area contributed by atoms with Crippen molar-refractivity contribution in [2.24, 2.45) is 0 Å². The van der Waals surface area contributed by atoms with Crippen molar-refractivity contribution in [1.29, 1.82) is 0 Å². The molecule has 0 atom stereocenters. The number of hydrogen-bond acceptors (Lipinski definition) is 5. The maximum absolute atomic E-state index is 13.9. The molecule has 9 heteroatoms. The predicted molar refractivity (Wildman–Crippen MR) is 124 cm³/mol. The van der Waals surface area contributed by atoms with Crippen LogP contribution in [0.1, 0.15) is 33.6 Å². The molecule has 1 amide bonds. The standard InChI is InChI=1S/C25H27F2N3O4/c1-33-13-12-29-25(32)22-24(34-16-17-6-3-2-4-7-17)23(31)19(15-30(22)28)9-5-8-18-10-11-20(26)14-21(18)27/h2-4,6-7,10-11,14-15H,5,8-9,12-13,16,28H2,1H3,(H,29,32). The van der Waals surface area contributed by atoms with Crippen molar-refractivity contribution in [1.82, 2.24) is 9.99 Å². The van der Waals surface area contributed by atoms with E-state index < -0.39 is 23.0 Å². The number of benzene rings is 2. The number of aryl methyl sites for hydroxylation is 2. The highest BCUT2D eigenvalue weighted by atomic mass is 19.1. The first-order valence-electron chi connectivity index (χ1n) is 10.8. The molecule has 0 aliphatic rings. The van der Waals surface area contributed by atoms with Gasteiger partial charge in [0.2, 0.25) is 5.43 Å². The minimum Gasteiger partial charge on any atom is -0.482 e. The predicted octanol–water partition coefficient (Wildman–Crippen LogP) is 2.97. The van der Waals surface area contributed by atoms with Gasteiger partial charge in [-0.1, -0.05) is 36.4 Å². The van der Waals surface area contributed by atoms with Crippen LogP contribution < -0.4 is 21.3 Å². The number of nitrogens with two attached hydrogens (primary N) is 1. The number of hydrogen-bond donors (Lipinski definition) is 2. The normalized spacial score (nSPS) is 10.8. The zero-order valence-corrected chi connectivity index (χ0v) is 18.9. The largest absolute Gasteiger partial charge is 0.482 e. The molecule has 3 rings (SSSR count). The summed E-state index contributed by atoms with van der Waals surface area (Å²) >= 11 is 0. The van der Waals surface area contributed by atoms with Gasteiger partial charge < -0.3 is 20.6 Å². The Bertz CT molecular complexity index is 1180. The number of nitrogen functional groups attached to an aromatic ring is 1. The van der Waals surface area contributed by atoms with Crippen LogP contribution >= 0.6 is 0 Å². The molecule has 0 saturated heterocycles. The van der Waals surface area contributed by atoms with Crippen LogP contribution in [-0.2, 0) is 24.2 Å². The highest BCUT2D eigenvalue weighted by Gasteiger charge is 2.22. The minimum absolute atomic E-state index is 0.0681. The van der Waals surface area contributed by atoms with Gasteiger partial charge in [0, 0.05) is 31.5 Å². The second kappa shape index (κ2) is 11.9. The number of carbonyl (C=O) groups is 1. The fourth-order valence-electron chi connectivity index (χ4n) is 3.47. The van der Waals surface area contributed by atoms with Crippen molar-refractivity contribution >= 4 is 5.91 Å². The molecule has 0 spiro atoms. The molecule has 0 saturated carbocycles. The minimum atomic E-state index is -0.646. The van der Waals surface area contributed by atoms with Crippen LogP contribution in [0.4, 0.5) is 8.78 Å². The molecular weight excluding hydrogens is 444 g/mol. The first-order valence-corrected chi connectivity index (χ1v) is 10.8. The zero-order chi connectivity index (χ0) is 24.5. The fourth-order valence-corrected chi connectivity index (χ4v) is 3.47. The average Bonchev–Trinajstić information content (AvgIpc) is 2.82. The van der Waals surface area contributed by atoms with Gasteiger partial charge in [-0.3, -0.25) is 14.3 Å². The number of carbonyl (C=O) groups excluding carboxylic acids is 1. The van der Waals surface area contributed by atoms with Crippen LogP contribution in [0.5, 0.6) is 5.75 Å². The molecule has 180 valence electrons. The molecule has 0 aliphatic carbocycles. The van der Waals surface area contributed by atoms with Crippen LogP contribution in [0, 0.1) is 11.6 Å². The second-order valence-corrected chi connectivity index (χ2v) is 7.68. The van der Waals surface area contributed by atoms with Crippen molar-refractivity contribution in [2.45, 2.75) is 25.9 Å². The third-order valence-electron chi connectivity index (χ3n) is 5.21. The van der Waals surface area contributed by atoms with Gasteiger partial charge in [-0.2, -0.15) is 0 Å². The van der Waals surface area contributed by atoms with Crippen molar-refractivity contribution in [2.75, 3.05) is 26.1 Å². The molecule has 7 nitrogen and oxygen atoms in total. The molecule has 3 aromatic rings. The van der Waals surface area contributed by atoms with Gasteiger partial charge in [0.15, 0.2) is 11.4 Å². The molecule has 1 aromatic heterocycles. The lowest BCUT2D eigenvalue weighted by Crippen LogP contribution is -2.35. The maximum atomic E-state index is 13.9. The number of halogens is 2. The first-order chi connectivity index (χ1) is 16.4. The van der Waals surface area contributed by atoms with E-state index in [4.69, 9.17) is 15.3 Å². The molecule has 0 fully saturated rings. The van der Waals surface area contributed by atoms with Crippen molar-refractivity contribution in [3.05, 3.63) is 99.0 Å². The first kappa shape index (κ1) is 24.9. The third kappa shape index (κ3) is 6.41. The Morgan fingerprint density at radius 3 is 2.53 bits per heavy atom. The fraction of sp³-hybridized carbons (Fsp3) is 0.280. The van der Waals surface area contributed by atoms with Gasteiger partial charge in [-0.05, 0) is 36.5 Å². The van der Waals surface area contributed by atoms with Crippen molar-refractivity contribution in [3.63, 3.8) is 0 Å². The van der Waals surface area contributed by atoms with Crippen LogP contribution in [0.2, 0.25) is 0 Å². The lowest BCUT2D eigenvalue weighted by atomic mass is 10.0. The summed E-state index contributed by atoms with van der Waals surface area (Å²) in [5.74, 6) is 4.08. The Balaban J connectivity index is 1.84. The van der Waals surface area contributed by atoms with Gasteiger partial charge >= 0.3 is 0 Å². The molecular formula is C25H27F2N3O4. The number of pyridine rings is 1. The number of nitrogens with one attached hydrogen (secondary N) is 1. The van der Waals surface area contributed by atoms with E-state index in [9.17, 15) is 18.4 Å². The quantitative estimate of drug-likeness (QED) is 0.331. The lowest BCUT2D eigenvalue weighted by molar-refractivity contribution is 0.0923. The molecule has 2 aromatic carbocycles. The molecule has 0 aliphatic heterocycles. The van der Waals surface area contributed by atoms with Crippen molar-refractivity contribution < 1.29 is 23.0 Å². The van der Waals surface area contributed by atoms with Crippen LogP contribution in [0.25, 0.3) is 0 Å². The Morgan fingerprint density at radius 1 is 1.09 bits per heavy atom. The summed E-state index contributed by atoms with van der Waals surface area (Å²) in [4.78, 5) is 26.0. The number of rotatable bonds is 11. The Hall–Kier alpha value is -3.72. The summed E-state index contributed by atoms with van der Waals surface area (Å²) in [5.41, 5.74) is 0.915. The van der Waals surface area contributed by atoms with Crippen LogP contribution in [0.3, 0.4) is 0 Å². The number of ether oxygens (including phenoxy) is 2. The van der Waals surface area contributed by atoms with E-state index in [1.807, 2.05) is 30.3 Å². The van der Waals surface area contributed by atoms with E-state index in [-0.39, 0.29) is 31.0 Å². The molecule has 34 heavy (non-hydrogen) atoms. The van der Waals surface area contributed by atoms with Gasteiger partial charge in [0.1, 0.15) is 18.2 Å². The van der Waals surface area contributed by atoms with Crippen molar-refractivity contribution in [3.8, 4) is 5.75 Å². The Morgan fingerprint density at radius 2 is 1.82 bits per heavy atom. The summed E-state index contributed by atoms with van der Waals surface area (Å²) in [5, 5.41) is 2.65. The third-order valence-corrected chi connectivity index (χ3v) is 5.21. The van der Waals surface area contributed by atoms with Gasteiger partial charge in [-0.15, -0.1) is 0 Å². The van der Waals surface area contributed by atoms with Crippen LogP contribution in [-0.4, -0.2) is 30.8 Å². The number of amides is 1. The highest BCUT2D eigenvalue weighted by molar-refractivity contribution is 5.95. The zero-order valence-electron chi connectivity index (χ0n) is 18.9. The summed E-state index contributed by atoms with van der Waals surface area (Å²) < 4.78 is 38.8. The number of nitrogens with zero attached hydrogens (tertiary/aromatic N) is 1. The number of aromatic nitrogens is 1. The summed E-state index contributed by atoms with van der Waals surface area (Å²) in [6.45, 7) is 0.587. The monoisotopic (exact) mass is 471 g/mol. The van der Waals surface area contributed by atoms with E-state index in [1.54, 1.807) is 0 Å². The summed E-state index contributed by atoms with van der Waals surface area (Å²) in [6, 6.07) is 12.6. The van der Waals surface area contributed by atoms with Gasteiger partial charge in [-0.25, -0.2) is 8.78 Å². The van der Waals surface area contributed by atoms with Crippen LogP contribution in [0.15, 0.2) is 59.5 Å². The summed E-state index contributed by atoms with van der Waals surface area (Å²) in [6.07, 6.45) is 2.36. The molecule has 0 unspecified atom stereocenters. The Kier molecular flexibility index (Phi) is 8.75. The Labute approximate surface area is 196 Å². The van der Waals surface area contributed by atoms with Gasteiger partial charge in [0.25, 0.3) is 5.91 Å². The lowest BCUT2D eigenvalue weighted by Gasteiger charge is -2.16. The van der Waals surface area contributed by atoms with E-state index >= 15 is 0 Å². The average molecular weight is 472 g/mol. The molecule has 3 N–H and O–H groups in total. The highest BCUT2D eigenvalue weighted by Crippen LogP contribution is 2.18. The maximum Gasteiger partial charge on any atom is 0.273 e. The van der Waals surface area contributed by atoms with E-state index in [0.29, 0.717) is 30.6 Å². The molecule has 0 radical (unpaired) electrons. The SMILES string of the molecule is COCCNC(=O)c1c(OCc2ccccc2)c(=O)c(CCCc2ccc(F)cc2F)cn1N. The smallest absolute Gasteiger partial charge is 0.273 e. The number of methoxy groups -OCH3 is 1.